The Morgan fingerprint density at radius 1 is 1.33 bits per heavy atom. The predicted octanol–water partition coefficient (Wildman–Crippen LogP) is 3.38. The van der Waals surface area contributed by atoms with Crippen LogP contribution in [0.2, 0.25) is 0 Å². The van der Waals surface area contributed by atoms with E-state index in [9.17, 15) is 4.79 Å². The number of nitrogens with one attached hydrogen (secondary N) is 1. The summed E-state index contributed by atoms with van der Waals surface area (Å²) in [4.78, 5) is 13.2. The number of carbonyl (C=O) groups excluding carboxylic acids is 1. The van der Waals surface area contributed by atoms with Crippen LogP contribution in [-0.4, -0.2) is 23.9 Å². The standard InChI is InChI=1S/C16H20N2O2S/c1-11-13(12(2)20-18-11)8-6-10-17-16(19)14-7-4-5-9-15(14)21-3/h4-5,7,9H,6,8,10H2,1-3H3,(H,17,19). The summed E-state index contributed by atoms with van der Waals surface area (Å²) in [5, 5.41) is 6.91. The van der Waals surface area contributed by atoms with Crippen LogP contribution in [0, 0.1) is 13.8 Å². The van der Waals surface area contributed by atoms with Gasteiger partial charge in [-0.25, -0.2) is 0 Å². The summed E-state index contributed by atoms with van der Waals surface area (Å²) in [7, 11) is 0. The highest BCUT2D eigenvalue weighted by molar-refractivity contribution is 7.98. The molecular formula is C16H20N2O2S. The van der Waals surface area contributed by atoms with Gasteiger partial charge in [-0.1, -0.05) is 17.3 Å². The molecule has 0 aliphatic carbocycles. The number of aryl methyl sites for hydroxylation is 2. The summed E-state index contributed by atoms with van der Waals surface area (Å²) in [6, 6.07) is 7.65. The highest BCUT2D eigenvalue weighted by Crippen LogP contribution is 2.19. The minimum Gasteiger partial charge on any atom is -0.361 e. The third-order valence-corrected chi connectivity index (χ3v) is 4.22. The fourth-order valence-electron chi connectivity index (χ4n) is 2.25. The summed E-state index contributed by atoms with van der Waals surface area (Å²) in [5.74, 6) is 0.852. The van der Waals surface area contributed by atoms with Crippen molar-refractivity contribution in [1.29, 1.82) is 0 Å². The predicted molar refractivity (Wildman–Crippen MR) is 84.9 cm³/mol. The molecule has 21 heavy (non-hydrogen) atoms. The average Bonchev–Trinajstić information content (AvgIpc) is 2.82. The number of amides is 1. The minimum absolute atomic E-state index is 0.0151. The van der Waals surface area contributed by atoms with Gasteiger partial charge in [0.15, 0.2) is 0 Å². The molecular weight excluding hydrogens is 284 g/mol. The molecule has 112 valence electrons. The summed E-state index contributed by atoms with van der Waals surface area (Å²) in [6.45, 7) is 4.51. The van der Waals surface area contributed by atoms with Crippen molar-refractivity contribution in [1.82, 2.24) is 10.5 Å². The Morgan fingerprint density at radius 2 is 2.10 bits per heavy atom. The summed E-state index contributed by atoms with van der Waals surface area (Å²) < 4.78 is 5.13. The van der Waals surface area contributed by atoms with E-state index in [4.69, 9.17) is 4.52 Å². The Morgan fingerprint density at radius 3 is 2.76 bits per heavy atom. The molecule has 0 aliphatic rings. The molecule has 2 aromatic rings. The van der Waals surface area contributed by atoms with E-state index < -0.39 is 0 Å². The van der Waals surface area contributed by atoms with Gasteiger partial charge in [0, 0.05) is 17.0 Å². The molecule has 1 aromatic carbocycles. The van der Waals surface area contributed by atoms with Gasteiger partial charge < -0.3 is 9.84 Å². The van der Waals surface area contributed by atoms with Crippen molar-refractivity contribution in [2.75, 3.05) is 12.8 Å². The molecule has 0 atom stereocenters. The first-order valence-corrected chi connectivity index (χ1v) is 8.19. The van der Waals surface area contributed by atoms with Crippen molar-refractivity contribution in [2.45, 2.75) is 31.6 Å². The van der Waals surface area contributed by atoms with Crippen LogP contribution in [0.4, 0.5) is 0 Å². The molecule has 4 nitrogen and oxygen atoms in total. The summed E-state index contributed by atoms with van der Waals surface area (Å²) >= 11 is 1.58. The Hall–Kier alpha value is -1.75. The average molecular weight is 304 g/mol. The van der Waals surface area contributed by atoms with Crippen LogP contribution < -0.4 is 5.32 Å². The first-order chi connectivity index (χ1) is 10.1. The Labute approximate surface area is 129 Å². The molecule has 1 N–H and O–H groups in total. The third kappa shape index (κ3) is 3.88. The Kier molecular flexibility index (Phi) is 5.44. The van der Waals surface area contributed by atoms with Crippen LogP contribution in [0.25, 0.3) is 0 Å². The number of rotatable bonds is 6. The van der Waals surface area contributed by atoms with E-state index in [1.807, 2.05) is 44.4 Å². The number of nitrogens with zero attached hydrogens (tertiary/aromatic N) is 1. The number of hydrogen-bond donors (Lipinski definition) is 1. The zero-order valence-corrected chi connectivity index (χ0v) is 13.4. The van der Waals surface area contributed by atoms with Crippen LogP contribution in [0.5, 0.6) is 0 Å². The second kappa shape index (κ2) is 7.31. The van der Waals surface area contributed by atoms with Crippen molar-refractivity contribution in [3.8, 4) is 0 Å². The van der Waals surface area contributed by atoms with Crippen molar-refractivity contribution in [3.05, 3.63) is 46.8 Å². The van der Waals surface area contributed by atoms with Crippen molar-refractivity contribution in [3.63, 3.8) is 0 Å². The second-order valence-corrected chi connectivity index (χ2v) is 5.71. The molecule has 1 heterocycles. The van der Waals surface area contributed by atoms with Crippen LogP contribution in [-0.2, 0) is 6.42 Å². The molecule has 1 amide bonds. The van der Waals surface area contributed by atoms with Crippen molar-refractivity contribution >= 4 is 17.7 Å². The minimum atomic E-state index is -0.0151. The van der Waals surface area contributed by atoms with E-state index in [0.717, 1.165) is 40.3 Å². The van der Waals surface area contributed by atoms with E-state index >= 15 is 0 Å². The molecule has 5 heteroatoms. The van der Waals surface area contributed by atoms with Gasteiger partial charge in [0.25, 0.3) is 5.91 Å². The molecule has 0 saturated heterocycles. The normalized spacial score (nSPS) is 10.6. The van der Waals surface area contributed by atoms with E-state index in [2.05, 4.69) is 10.5 Å². The first kappa shape index (κ1) is 15.6. The second-order valence-electron chi connectivity index (χ2n) is 4.86. The molecule has 0 unspecified atom stereocenters. The maximum atomic E-state index is 12.2. The number of aromatic nitrogens is 1. The van der Waals surface area contributed by atoms with E-state index in [0.29, 0.717) is 6.54 Å². The van der Waals surface area contributed by atoms with Gasteiger partial charge in [-0.15, -0.1) is 11.8 Å². The van der Waals surface area contributed by atoms with Gasteiger partial charge >= 0.3 is 0 Å². The highest BCUT2D eigenvalue weighted by atomic mass is 32.2. The van der Waals surface area contributed by atoms with Crippen LogP contribution >= 0.6 is 11.8 Å². The Balaban J connectivity index is 1.85. The molecule has 0 aliphatic heterocycles. The molecule has 0 fully saturated rings. The number of carbonyl (C=O) groups is 1. The van der Waals surface area contributed by atoms with Crippen LogP contribution in [0.1, 0.15) is 33.8 Å². The smallest absolute Gasteiger partial charge is 0.252 e. The SMILES string of the molecule is CSc1ccccc1C(=O)NCCCc1c(C)noc1C. The fraction of sp³-hybridized carbons (Fsp3) is 0.375. The Bertz CT molecular complexity index is 603. The van der Waals surface area contributed by atoms with Gasteiger partial charge in [-0.2, -0.15) is 0 Å². The van der Waals surface area contributed by atoms with Gasteiger partial charge in [-0.3, -0.25) is 4.79 Å². The molecule has 2 rings (SSSR count). The lowest BCUT2D eigenvalue weighted by molar-refractivity contribution is 0.0950. The zero-order valence-electron chi connectivity index (χ0n) is 12.6. The van der Waals surface area contributed by atoms with E-state index in [-0.39, 0.29) is 5.91 Å². The summed E-state index contributed by atoms with van der Waals surface area (Å²) in [6.07, 6.45) is 3.71. The van der Waals surface area contributed by atoms with E-state index in [1.54, 1.807) is 11.8 Å². The number of thioether (sulfide) groups is 1. The zero-order chi connectivity index (χ0) is 15.2. The maximum absolute atomic E-state index is 12.2. The quantitative estimate of drug-likeness (QED) is 0.656. The molecule has 1 aromatic heterocycles. The number of hydrogen-bond acceptors (Lipinski definition) is 4. The number of benzene rings is 1. The lowest BCUT2D eigenvalue weighted by atomic mass is 10.1. The lowest BCUT2D eigenvalue weighted by Crippen LogP contribution is -2.25. The maximum Gasteiger partial charge on any atom is 0.252 e. The molecule has 0 radical (unpaired) electrons. The molecule has 0 bridgehead atoms. The van der Waals surface area contributed by atoms with Crippen molar-refractivity contribution < 1.29 is 9.32 Å². The fourth-order valence-corrected chi connectivity index (χ4v) is 2.85. The monoisotopic (exact) mass is 304 g/mol. The topological polar surface area (TPSA) is 55.1 Å². The first-order valence-electron chi connectivity index (χ1n) is 6.96. The highest BCUT2D eigenvalue weighted by Gasteiger charge is 2.11. The largest absolute Gasteiger partial charge is 0.361 e. The van der Waals surface area contributed by atoms with Crippen LogP contribution in [0.3, 0.4) is 0 Å². The summed E-state index contributed by atoms with van der Waals surface area (Å²) in [5.41, 5.74) is 2.82. The molecule has 0 spiro atoms. The van der Waals surface area contributed by atoms with Crippen LogP contribution in [0.15, 0.2) is 33.7 Å². The van der Waals surface area contributed by atoms with Crippen molar-refractivity contribution in [2.24, 2.45) is 0 Å². The third-order valence-electron chi connectivity index (χ3n) is 3.42. The van der Waals surface area contributed by atoms with Gasteiger partial charge in [0.1, 0.15) is 5.76 Å². The van der Waals surface area contributed by atoms with Gasteiger partial charge in [0.05, 0.1) is 11.3 Å². The van der Waals surface area contributed by atoms with E-state index in [1.165, 1.54) is 0 Å². The lowest BCUT2D eigenvalue weighted by Gasteiger charge is -2.08. The van der Waals surface area contributed by atoms with Gasteiger partial charge in [0.2, 0.25) is 0 Å². The van der Waals surface area contributed by atoms with Gasteiger partial charge in [-0.05, 0) is 45.1 Å². The molecule has 0 saturated carbocycles.